The van der Waals surface area contributed by atoms with Crippen molar-refractivity contribution < 1.29 is 22.1 Å². The zero-order chi connectivity index (χ0) is 24.2. The van der Waals surface area contributed by atoms with Crippen LogP contribution in [0.1, 0.15) is 69.9 Å². The summed E-state index contributed by atoms with van der Waals surface area (Å²) in [5, 5.41) is 0. The Morgan fingerprint density at radius 3 is 2.21 bits per heavy atom. The second-order valence-corrected chi connectivity index (χ2v) is 11.0. The molecule has 2 rings (SSSR count). The highest BCUT2D eigenvalue weighted by atomic mass is 32.2. The molecule has 0 heterocycles. The first-order valence-corrected chi connectivity index (χ1v) is 11.6. The van der Waals surface area contributed by atoms with E-state index in [0.717, 1.165) is 17.7 Å². The number of rotatable bonds is 9. The number of nitrogens with one attached hydrogen (secondary N) is 1. The Hall–Kier alpha value is -1.96. The predicted molar refractivity (Wildman–Crippen MR) is 131 cm³/mol. The van der Waals surface area contributed by atoms with Crippen molar-refractivity contribution in [2.24, 2.45) is 0 Å². The Labute approximate surface area is 199 Å². The monoisotopic (exact) mass is 483 g/mol. The molecule has 33 heavy (non-hydrogen) atoms. The normalized spacial score (nSPS) is 15.8. The molecule has 0 aliphatic carbocycles. The van der Waals surface area contributed by atoms with Crippen molar-refractivity contribution in [3.8, 4) is 0 Å². The first-order chi connectivity index (χ1) is 14.8. The number of alkyl halides is 3. The van der Waals surface area contributed by atoms with Gasteiger partial charge in [0.2, 0.25) is 0 Å². The molecule has 0 bridgehead atoms. The number of hydrogen-bond donors (Lipinski definition) is 1. The van der Waals surface area contributed by atoms with Crippen LogP contribution in [0.3, 0.4) is 0 Å². The number of hydrogen-bond acceptors (Lipinski definition) is 2. The first kappa shape index (κ1) is 29.1. The summed E-state index contributed by atoms with van der Waals surface area (Å²) >= 11 is 0. The van der Waals surface area contributed by atoms with E-state index in [1.54, 1.807) is 26.0 Å². The van der Waals surface area contributed by atoms with Gasteiger partial charge in [-0.15, -0.1) is 6.58 Å². The smallest absolute Gasteiger partial charge is 0.371 e. The van der Waals surface area contributed by atoms with Gasteiger partial charge in [0.15, 0.2) is 0 Å². The quantitative estimate of drug-likeness (QED) is 0.382. The van der Waals surface area contributed by atoms with Crippen molar-refractivity contribution in [3.63, 3.8) is 0 Å². The summed E-state index contributed by atoms with van der Waals surface area (Å²) in [5.41, 5.74) is 0.263. The highest BCUT2D eigenvalue weighted by Crippen LogP contribution is 2.34. The van der Waals surface area contributed by atoms with E-state index in [2.05, 4.69) is 11.3 Å². The SMILES string of the molecule is C.C=CC[C@](CO[C@H](C)c1cc(C)cc(C(F)(F)F)c1)(NS(=O)C(C)(C)C)c1ccccc1. The largest absolute Gasteiger partial charge is 0.416 e. The standard InChI is InChI=1S/C25H32F3NO2S.CH4/c1-7-13-24(21-11-9-8-10-12-21,29-32(30)23(4,5)6)17-31-19(3)20-14-18(2)15-22(16-20)25(26,27)28;/h7-12,14-16,19,29H,1,13,17H2,2-6H3;1H4/t19-,24-,32?;/m1./s1. The summed E-state index contributed by atoms with van der Waals surface area (Å²) in [4.78, 5) is 0. The Morgan fingerprint density at radius 1 is 1.09 bits per heavy atom. The maximum absolute atomic E-state index is 13.3. The van der Waals surface area contributed by atoms with Crippen molar-refractivity contribution in [1.82, 2.24) is 4.72 Å². The van der Waals surface area contributed by atoms with Crippen molar-refractivity contribution >= 4 is 11.0 Å². The lowest BCUT2D eigenvalue weighted by Crippen LogP contribution is -2.50. The molecule has 0 aliphatic rings. The number of aryl methyl sites for hydroxylation is 1. The molecule has 1 N–H and O–H groups in total. The summed E-state index contributed by atoms with van der Waals surface area (Å²) in [6, 6.07) is 13.4. The lowest BCUT2D eigenvalue weighted by molar-refractivity contribution is -0.137. The summed E-state index contributed by atoms with van der Waals surface area (Å²) < 4.78 is 61.7. The fourth-order valence-corrected chi connectivity index (χ4v) is 4.22. The molecule has 2 aromatic carbocycles. The zero-order valence-corrected chi connectivity index (χ0v) is 20.1. The van der Waals surface area contributed by atoms with Crippen LogP contribution in [0, 0.1) is 6.92 Å². The van der Waals surface area contributed by atoms with Crippen LogP contribution >= 0.6 is 0 Å². The summed E-state index contributed by atoms with van der Waals surface area (Å²) in [6.45, 7) is 12.9. The molecule has 3 nitrogen and oxygen atoms in total. The lowest BCUT2D eigenvalue weighted by Gasteiger charge is -2.37. The highest BCUT2D eigenvalue weighted by molar-refractivity contribution is 7.84. The minimum Gasteiger partial charge on any atom is -0.371 e. The van der Waals surface area contributed by atoms with Gasteiger partial charge < -0.3 is 4.74 Å². The molecule has 0 saturated heterocycles. The molecule has 2 aromatic rings. The van der Waals surface area contributed by atoms with E-state index in [1.807, 2.05) is 51.1 Å². The van der Waals surface area contributed by atoms with Gasteiger partial charge in [0, 0.05) is 0 Å². The van der Waals surface area contributed by atoms with Gasteiger partial charge in [0.05, 0.1) is 39.5 Å². The van der Waals surface area contributed by atoms with Crippen LogP contribution in [-0.2, 0) is 27.4 Å². The molecule has 1 unspecified atom stereocenters. The second-order valence-electron chi connectivity index (χ2n) is 9.01. The molecule has 184 valence electrons. The first-order valence-electron chi connectivity index (χ1n) is 10.4. The Balaban J connectivity index is 0.00000544. The molecule has 0 fully saturated rings. The minimum absolute atomic E-state index is 0. The van der Waals surface area contributed by atoms with Crippen LogP contribution in [0.2, 0.25) is 0 Å². The Bertz CT molecular complexity index is 939. The fraction of sp³-hybridized carbons (Fsp3) is 0.462. The van der Waals surface area contributed by atoms with Gasteiger partial charge in [-0.2, -0.15) is 13.2 Å². The summed E-state index contributed by atoms with van der Waals surface area (Å²) in [7, 11) is -1.41. The van der Waals surface area contributed by atoms with Gasteiger partial charge in [-0.25, -0.2) is 8.93 Å². The molecular formula is C26H36F3NO2S. The van der Waals surface area contributed by atoms with Gasteiger partial charge in [-0.3, -0.25) is 0 Å². The molecule has 0 saturated carbocycles. The number of ether oxygens (including phenoxy) is 1. The molecule has 3 atom stereocenters. The van der Waals surface area contributed by atoms with Gasteiger partial charge in [-0.1, -0.05) is 55.5 Å². The van der Waals surface area contributed by atoms with Gasteiger partial charge in [0.1, 0.15) is 0 Å². The molecule has 0 aliphatic heterocycles. The molecule has 0 amide bonds. The van der Waals surface area contributed by atoms with E-state index in [0.29, 0.717) is 17.5 Å². The van der Waals surface area contributed by atoms with Gasteiger partial charge in [0.25, 0.3) is 0 Å². The third-order valence-corrected chi connectivity index (χ3v) is 6.83. The van der Waals surface area contributed by atoms with Crippen molar-refractivity contribution in [2.45, 2.75) is 71.0 Å². The van der Waals surface area contributed by atoms with E-state index in [-0.39, 0.29) is 14.0 Å². The third kappa shape index (κ3) is 7.80. The van der Waals surface area contributed by atoms with E-state index >= 15 is 0 Å². The van der Waals surface area contributed by atoms with Crippen LogP contribution in [-0.4, -0.2) is 15.6 Å². The molecule has 0 spiro atoms. The second kappa shape index (κ2) is 11.4. The summed E-state index contributed by atoms with van der Waals surface area (Å²) in [6.07, 6.45) is -2.88. The molecule has 0 radical (unpaired) electrons. The Kier molecular flexibility index (Phi) is 10.1. The van der Waals surface area contributed by atoms with Crippen LogP contribution < -0.4 is 4.72 Å². The average Bonchev–Trinajstić information content (AvgIpc) is 2.70. The van der Waals surface area contributed by atoms with E-state index in [4.69, 9.17) is 4.74 Å². The van der Waals surface area contributed by atoms with Crippen molar-refractivity contribution in [3.05, 3.63) is 83.4 Å². The topological polar surface area (TPSA) is 38.3 Å². The summed E-state index contributed by atoms with van der Waals surface area (Å²) in [5.74, 6) is 0. The molecule has 0 aromatic heterocycles. The van der Waals surface area contributed by atoms with E-state index in [9.17, 15) is 17.4 Å². The Morgan fingerprint density at radius 2 is 1.70 bits per heavy atom. The molecule has 7 heteroatoms. The van der Waals surface area contributed by atoms with Crippen LogP contribution in [0.4, 0.5) is 13.2 Å². The van der Waals surface area contributed by atoms with Crippen LogP contribution in [0.25, 0.3) is 0 Å². The van der Waals surface area contributed by atoms with Gasteiger partial charge in [-0.05, 0) is 64.3 Å². The predicted octanol–water partition coefficient (Wildman–Crippen LogP) is 7.25. The van der Waals surface area contributed by atoms with Crippen molar-refractivity contribution in [2.75, 3.05) is 6.61 Å². The zero-order valence-electron chi connectivity index (χ0n) is 19.3. The third-order valence-electron chi connectivity index (χ3n) is 5.14. The highest BCUT2D eigenvalue weighted by Gasteiger charge is 2.37. The van der Waals surface area contributed by atoms with Crippen molar-refractivity contribution in [1.29, 1.82) is 0 Å². The lowest BCUT2D eigenvalue weighted by atomic mass is 9.88. The fourth-order valence-electron chi connectivity index (χ4n) is 3.30. The van der Waals surface area contributed by atoms with Crippen LogP contribution in [0.15, 0.2) is 61.2 Å². The minimum atomic E-state index is -4.43. The van der Waals surface area contributed by atoms with Crippen LogP contribution in [0.5, 0.6) is 0 Å². The van der Waals surface area contributed by atoms with E-state index < -0.39 is 39.1 Å². The maximum Gasteiger partial charge on any atom is 0.416 e. The number of halogens is 3. The van der Waals surface area contributed by atoms with Gasteiger partial charge >= 0.3 is 6.18 Å². The average molecular weight is 484 g/mol. The number of benzene rings is 2. The maximum atomic E-state index is 13.3. The molecular weight excluding hydrogens is 447 g/mol. The van der Waals surface area contributed by atoms with E-state index in [1.165, 1.54) is 0 Å².